The maximum atomic E-state index is 10.9. The molecule has 0 bridgehead atoms. The van der Waals surface area contributed by atoms with Crippen molar-refractivity contribution >= 4 is 12.3 Å². The van der Waals surface area contributed by atoms with Crippen molar-refractivity contribution in [1.82, 2.24) is 0 Å². The predicted octanol–water partition coefficient (Wildman–Crippen LogP) is 1.58. The van der Waals surface area contributed by atoms with Crippen LogP contribution in [0.1, 0.15) is 22.0 Å². The second-order valence-corrected chi connectivity index (χ2v) is 3.46. The van der Waals surface area contributed by atoms with Crippen LogP contribution in [0.15, 0.2) is 35.9 Å². The smallest absolute Gasteiger partial charge is 0.334 e. The molecule has 1 unspecified atom stereocenters. The maximum absolute atomic E-state index is 10.9. The van der Waals surface area contributed by atoms with Crippen LogP contribution in [0.4, 0.5) is 0 Å². The zero-order chi connectivity index (χ0) is 11.5. The molecular weight excluding hydrogens is 208 g/mol. The first kappa shape index (κ1) is 10.6. The molecule has 0 amide bonds. The average molecular weight is 218 g/mol. The molecule has 2 rings (SSSR count). The van der Waals surface area contributed by atoms with Crippen molar-refractivity contribution in [3.05, 3.63) is 47.0 Å². The molecule has 16 heavy (non-hydrogen) atoms. The highest BCUT2D eigenvalue weighted by molar-refractivity contribution is 5.88. The lowest BCUT2D eigenvalue weighted by atomic mass is 10.0. The fourth-order valence-corrected chi connectivity index (χ4v) is 1.66. The average Bonchev–Trinajstić information content (AvgIpc) is 2.78. The molecule has 1 aromatic carbocycles. The lowest BCUT2D eigenvalue weighted by Gasteiger charge is -2.12. The molecule has 1 heterocycles. The van der Waals surface area contributed by atoms with E-state index < -0.39 is 12.1 Å². The zero-order valence-corrected chi connectivity index (χ0v) is 8.42. The third-order valence-corrected chi connectivity index (χ3v) is 2.47. The lowest BCUT2D eigenvalue weighted by Crippen LogP contribution is -2.08. The summed E-state index contributed by atoms with van der Waals surface area (Å²) in [5.74, 6) is -0.970. The fourth-order valence-electron chi connectivity index (χ4n) is 1.66. The Labute approximate surface area is 92.2 Å². The number of benzene rings is 1. The van der Waals surface area contributed by atoms with E-state index in [1.807, 2.05) is 0 Å². The summed E-state index contributed by atoms with van der Waals surface area (Å²) >= 11 is 0. The molecule has 1 aliphatic heterocycles. The van der Waals surface area contributed by atoms with E-state index in [4.69, 9.17) is 9.84 Å². The summed E-state index contributed by atoms with van der Waals surface area (Å²) in [5.41, 5.74) is 1.55. The molecule has 1 N–H and O–H groups in total. The molecule has 0 aromatic heterocycles. The molecule has 4 heteroatoms. The van der Waals surface area contributed by atoms with E-state index in [1.54, 1.807) is 30.3 Å². The van der Waals surface area contributed by atoms with Crippen LogP contribution in [0.3, 0.4) is 0 Å². The number of carbonyl (C=O) groups excluding carboxylic acids is 1. The number of aldehydes is 1. The van der Waals surface area contributed by atoms with Gasteiger partial charge in [-0.1, -0.05) is 24.3 Å². The summed E-state index contributed by atoms with van der Waals surface area (Å²) in [4.78, 5) is 21.4. The minimum atomic E-state index is -0.970. The monoisotopic (exact) mass is 218 g/mol. The highest BCUT2D eigenvalue weighted by Crippen LogP contribution is 2.30. The SMILES string of the molecule is O=Cc1ccc(C2OCC=C2C(=O)O)cc1. The highest BCUT2D eigenvalue weighted by atomic mass is 16.5. The van der Waals surface area contributed by atoms with E-state index >= 15 is 0 Å². The topological polar surface area (TPSA) is 63.6 Å². The van der Waals surface area contributed by atoms with Gasteiger partial charge in [0, 0.05) is 5.56 Å². The van der Waals surface area contributed by atoms with Gasteiger partial charge in [0.25, 0.3) is 0 Å². The molecule has 0 fully saturated rings. The molecule has 1 aromatic rings. The number of ether oxygens (including phenoxy) is 1. The van der Waals surface area contributed by atoms with Gasteiger partial charge in [-0.25, -0.2) is 4.79 Å². The van der Waals surface area contributed by atoms with Gasteiger partial charge in [-0.3, -0.25) is 4.79 Å². The van der Waals surface area contributed by atoms with Crippen molar-refractivity contribution in [3.63, 3.8) is 0 Å². The minimum Gasteiger partial charge on any atom is -0.478 e. The summed E-state index contributed by atoms with van der Waals surface area (Å²) in [6, 6.07) is 6.69. The second-order valence-electron chi connectivity index (χ2n) is 3.46. The molecule has 1 aliphatic rings. The van der Waals surface area contributed by atoms with Crippen LogP contribution in [0.25, 0.3) is 0 Å². The third-order valence-electron chi connectivity index (χ3n) is 2.47. The summed E-state index contributed by atoms with van der Waals surface area (Å²) in [6.45, 7) is 0.307. The zero-order valence-electron chi connectivity index (χ0n) is 8.42. The van der Waals surface area contributed by atoms with Crippen molar-refractivity contribution in [2.75, 3.05) is 6.61 Å². The van der Waals surface area contributed by atoms with Crippen LogP contribution in [0, 0.1) is 0 Å². The van der Waals surface area contributed by atoms with Gasteiger partial charge in [0.1, 0.15) is 12.4 Å². The molecule has 4 nitrogen and oxygen atoms in total. The van der Waals surface area contributed by atoms with Gasteiger partial charge in [-0.2, -0.15) is 0 Å². The van der Waals surface area contributed by atoms with Crippen molar-refractivity contribution in [1.29, 1.82) is 0 Å². The Bertz CT molecular complexity index is 445. The lowest BCUT2D eigenvalue weighted by molar-refractivity contribution is -0.133. The molecule has 0 aliphatic carbocycles. The maximum Gasteiger partial charge on any atom is 0.334 e. The van der Waals surface area contributed by atoms with Crippen LogP contribution in [-0.4, -0.2) is 24.0 Å². The van der Waals surface area contributed by atoms with Crippen molar-refractivity contribution in [2.24, 2.45) is 0 Å². The van der Waals surface area contributed by atoms with E-state index in [0.29, 0.717) is 12.2 Å². The molecule has 0 radical (unpaired) electrons. The first-order chi connectivity index (χ1) is 7.72. The summed E-state index contributed by atoms with van der Waals surface area (Å²) in [7, 11) is 0. The number of rotatable bonds is 3. The number of aliphatic carboxylic acids is 1. The first-order valence-electron chi connectivity index (χ1n) is 4.82. The number of hydrogen-bond donors (Lipinski definition) is 1. The molecule has 0 saturated carbocycles. The standard InChI is InChI=1S/C12H10O4/c13-7-8-1-3-9(4-2-8)11-10(12(14)15)5-6-16-11/h1-5,7,11H,6H2,(H,14,15). The van der Waals surface area contributed by atoms with Crippen LogP contribution in [-0.2, 0) is 9.53 Å². The van der Waals surface area contributed by atoms with Gasteiger partial charge in [0.2, 0.25) is 0 Å². The van der Waals surface area contributed by atoms with Gasteiger partial charge in [0.15, 0.2) is 0 Å². The minimum absolute atomic E-state index is 0.249. The van der Waals surface area contributed by atoms with Crippen LogP contribution < -0.4 is 0 Å². The van der Waals surface area contributed by atoms with Gasteiger partial charge in [-0.15, -0.1) is 0 Å². The Morgan fingerprint density at radius 1 is 1.38 bits per heavy atom. The number of carboxylic acids is 1. The highest BCUT2D eigenvalue weighted by Gasteiger charge is 2.26. The third kappa shape index (κ3) is 1.87. The Balaban J connectivity index is 2.27. The Morgan fingerprint density at radius 2 is 2.06 bits per heavy atom. The van der Waals surface area contributed by atoms with E-state index in [9.17, 15) is 9.59 Å². The molecule has 0 saturated heterocycles. The first-order valence-corrected chi connectivity index (χ1v) is 4.82. The van der Waals surface area contributed by atoms with Gasteiger partial charge in [0.05, 0.1) is 12.2 Å². The van der Waals surface area contributed by atoms with Crippen molar-refractivity contribution < 1.29 is 19.4 Å². The number of hydrogen-bond acceptors (Lipinski definition) is 3. The molecule has 0 spiro atoms. The molecule has 82 valence electrons. The summed E-state index contributed by atoms with van der Waals surface area (Å²) in [5, 5.41) is 8.94. The fraction of sp³-hybridized carbons (Fsp3) is 0.167. The van der Waals surface area contributed by atoms with Gasteiger partial charge in [-0.05, 0) is 11.6 Å². The van der Waals surface area contributed by atoms with Crippen LogP contribution in [0.5, 0.6) is 0 Å². The summed E-state index contributed by atoms with van der Waals surface area (Å²) < 4.78 is 5.32. The Kier molecular flexibility index (Phi) is 2.83. The normalized spacial score (nSPS) is 19.2. The van der Waals surface area contributed by atoms with Crippen LogP contribution in [0.2, 0.25) is 0 Å². The number of carboxylic acid groups (broad SMARTS) is 1. The van der Waals surface area contributed by atoms with Gasteiger partial charge >= 0.3 is 5.97 Å². The van der Waals surface area contributed by atoms with Crippen LogP contribution >= 0.6 is 0 Å². The largest absolute Gasteiger partial charge is 0.478 e. The van der Waals surface area contributed by atoms with E-state index in [0.717, 1.165) is 11.8 Å². The van der Waals surface area contributed by atoms with Crippen molar-refractivity contribution in [3.8, 4) is 0 Å². The Morgan fingerprint density at radius 3 is 2.62 bits per heavy atom. The number of carbonyl (C=O) groups is 2. The molecule has 1 atom stereocenters. The van der Waals surface area contributed by atoms with Crippen molar-refractivity contribution in [2.45, 2.75) is 6.10 Å². The van der Waals surface area contributed by atoms with E-state index in [-0.39, 0.29) is 5.57 Å². The summed E-state index contributed by atoms with van der Waals surface area (Å²) in [6.07, 6.45) is 1.77. The van der Waals surface area contributed by atoms with Gasteiger partial charge < -0.3 is 9.84 Å². The second kappa shape index (κ2) is 4.28. The predicted molar refractivity (Wildman–Crippen MR) is 56.2 cm³/mol. The molecular formula is C12H10O4. The van der Waals surface area contributed by atoms with E-state index in [1.165, 1.54) is 0 Å². The van der Waals surface area contributed by atoms with E-state index in [2.05, 4.69) is 0 Å². The Hall–Kier alpha value is -1.94. The quantitative estimate of drug-likeness (QED) is 0.782.